The molecule has 1 heterocycles. The molecule has 0 aliphatic carbocycles. The molecule has 0 radical (unpaired) electrons. The third kappa shape index (κ3) is 6.43. The number of likely N-dealkylation sites (N-methyl/N-ethyl adjacent to an activating group) is 1. The monoisotopic (exact) mass is 512 g/mol. The molecule has 0 aliphatic heterocycles. The van der Waals surface area contributed by atoms with Crippen LogP contribution < -0.4 is 21.1 Å². The molecule has 0 spiro atoms. The third-order valence-electron chi connectivity index (χ3n) is 6.27. The highest BCUT2D eigenvalue weighted by Gasteiger charge is 2.14. The Morgan fingerprint density at radius 2 is 1.71 bits per heavy atom. The summed E-state index contributed by atoms with van der Waals surface area (Å²) in [6, 6.07) is 20.0. The van der Waals surface area contributed by atoms with Crippen LogP contribution in [-0.4, -0.2) is 52.9 Å². The molecule has 0 saturated heterocycles. The molecule has 9 heteroatoms. The maximum Gasteiger partial charge on any atom is 0.259 e. The van der Waals surface area contributed by atoms with Crippen molar-refractivity contribution in [2.45, 2.75) is 20.4 Å². The number of primary amides is 1. The van der Waals surface area contributed by atoms with Crippen molar-refractivity contribution in [3.8, 4) is 5.75 Å². The number of aromatic nitrogens is 2. The maximum atomic E-state index is 13.1. The van der Waals surface area contributed by atoms with Gasteiger partial charge in [-0.3, -0.25) is 9.59 Å². The van der Waals surface area contributed by atoms with E-state index in [1.807, 2.05) is 48.5 Å². The van der Waals surface area contributed by atoms with Crippen molar-refractivity contribution in [1.29, 1.82) is 0 Å². The Morgan fingerprint density at radius 3 is 2.50 bits per heavy atom. The zero-order valence-corrected chi connectivity index (χ0v) is 21.6. The number of nitrogens with zero attached hydrogens (tertiary/aromatic N) is 3. The van der Waals surface area contributed by atoms with E-state index in [4.69, 9.17) is 10.5 Å². The van der Waals surface area contributed by atoms with Crippen molar-refractivity contribution in [3.05, 3.63) is 89.7 Å². The molecule has 0 unspecified atom stereocenters. The molecule has 4 aromatic rings. The maximum absolute atomic E-state index is 13.1. The first kappa shape index (κ1) is 26.6. The lowest BCUT2D eigenvalue weighted by molar-refractivity contribution is 0.0998. The van der Waals surface area contributed by atoms with Crippen molar-refractivity contribution in [1.82, 2.24) is 14.9 Å². The highest BCUT2D eigenvalue weighted by Crippen LogP contribution is 2.24. The summed E-state index contributed by atoms with van der Waals surface area (Å²) in [5, 5.41) is 6.97. The lowest BCUT2D eigenvalue weighted by Gasteiger charge is -2.19. The topological polar surface area (TPSA) is 122 Å². The molecule has 196 valence electrons. The minimum atomic E-state index is -0.542. The van der Waals surface area contributed by atoms with Crippen LogP contribution in [0.1, 0.15) is 40.1 Å². The molecule has 38 heavy (non-hydrogen) atoms. The third-order valence-corrected chi connectivity index (χ3v) is 6.27. The quantitative estimate of drug-likeness (QED) is 0.258. The number of anilines is 2. The van der Waals surface area contributed by atoms with Gasteiger partial charge in [0.25, 0.3) is 11.8 Å². The minimum absolute atomic E-state index is 0.241. The summed E-state index contributed by atoms with van der Waals surface area (Å²) in [5.41, 5.74) is 8.40. The first-order valence-corrected chi connectivity index (χ1v) is 12.6. The fourth-order valence-electron chi connectivity index (χ4n) is 4.18. The number of hydrogen-bond donors (Lipinski definition) is 3. The summed E-state index contributed by atoms with van der Waals surface area (Å²) < 4.78 is 5.95. The number of rotatable bonds is 12. The minimum Gasteiger partial charge on any atom is -0.491 e. The van der Waals surface area contributed by atoms with Gasteiger partial charge in [0.2, 0.25) is 0 Å². The number of amides is 2. The molecule has 0 atom stereocenters. The summed E-state index contributed by atoms with van der Waals surface area (Å²) in [6.45, 7) is 7.88. The van der Waals surface area contributed by atoms with Crippen LogP contribution >= 0.6 is 0 Å². The largest absolute Gasteiger partial charge is 0.491 e. The molecule has 1 aromatic heterocycles. The van der Waals surface area contributed by atoms with E-state index >= 15 is 0 Å². The Labute approximate surface area is 222 Å². The second kappa shape index (κ2) is 12.6. The van der Waals surface area contributed by atoms with Crippen LogP contribution in [0.3, 0.4) is 0 Å². The van der Waals surface area contributed by atoms with Crippen molar-refractivity contribution in [3.63, 3.8) is 0 Å². The molecule has 2 amide bonds. The highest BCUT2D eigenvalue weighted by molar-refractivity contribution is 6.07. The van der Waals surface area contributed by atoms with Gasteiger partial charge < -0.3 is 26.0 Å². The predicted molar refractivity (Wildman–Crippen MR) is 150 cm³/mol. The zero-order chi connectivity index (χ0) is 26.9. The molecular weight excluding hydrogens is 480 g/mol. The second-order valence-electron chi connectivity index (χ2n) is 8.67. The van der Waals surface area contributed by atoms with E-state index in [-0.39, 0.29) is 5.91 Å². The summed E-state index contributed by atoms with van der Waals surface area (Å²) in [7, 11) is 0. The predicted octanol–water partition coefficient (Wildman–Crippen LogP) is 4.31. The van der Waals surface area contributed by atoms with E-state index in [0.29, 0.717) is 52.4 Å². The van der Waals surface area contributed by atoms with Gasteiger partial charge in [-0.15, -0.1) is 0 Å². The molecule has 0 aliphatic rings. The average molecular weight is 513 g/mol. The van der Waals surface area contributed by atoms with E-state index in [9.17, 15) is 9.59 Å². The smallest absolute Gasteiger partial charge is 0.259 e. The van der Waals surface area contributed by atoms with Gasteiger partial charge in [-0.05, 0) is 55.1 Å². The van der Waals surface area contributed by atoms with E-state index in [1.54, 1.807) is 18.2 Å². The Hall–Kier alpha value is -4.50. The van der Waals surface area contributed by atoms with E-state index < -0.39 is 5.91 Å². The fourth-order valence-corrected chi connectivity index (χ4v) is 4.18. The van der Waals surface area contributed by atoms with Crippen LogP contribution in [-0.2, 0) is 6.54 Å². The molecule has 0 fully saturated rings. The molecule has 4 rings (SSSR count). The normalized spacial score (nSPS) is 10.9. The van der Waals surface area contributed by atoms with Gasteiger partial charge in [0.1, 0.15) is 24.5 Å². The SMILES string of the molecule is CCN(CC)CCOc1ccccc1C(=O)Nc1cccc(CNc2ncnc3c(C(N)=O)cccc23)c1. The summed E-state index contributed by atoms with van der Waals surface area (Å²) in [4.78, 5) is 35.7. The highest BCUT2D eigenvalue weighted by atomic mass is 16.5. The average Bonchev–Trinajstić information content (AvgIpc) is 2.94. The van der Waals surface area contributed by atoms with Crippen LogP contribution in [0, 0.1) is 0 Å². The second-order valence-corrected chi connectivity index (χ2v) is 8.67. The number of nitrogens with one attached hydrogen (secondary N) is 2. The molecule has 0 saturated carbocycles. The first-order valence-electron chi connectivity index (χ1n) is 12.6. The Morgan fingerprint density at radius 1 is 0.947 bits per heavy atom. The summed E-state index contributed by atoms with van der Waals surface area (Å²) in [5.74, 6) is 0.359. The molecule has 9 nitrogen and oxygen atoms in total. The number of hydrogen-bond acceptors (Lipinski definition) is 7. The molecule has 3 aromatic carbocycles. The number of benzene rings is 3. The van der Waals surface area contributed by atoms with Crippen molar-refractivity contribution in [2.24, 2.45) is 5.73 Å². The Kier molecular flexibility index (Phi) is 8.84. The Bertz CT molecular complexity index is 1420. The van der Waals surface area contributed by atoms with Gasteiger partial charge in [-0.2, -0.15) is 0 Å². The van der Waals surface area contributed by atoms with Gasteiger partial charge in [0, 0.05) is 24.2 Å². The van der Waals surface area contributed by atoms with Gasteiger partial charge in [0.05, 0.1) is 16.6 Å². The van der Waals surface area contributed by atoms with Crippen LogP contribution in [0.4, 0.5) is 11.5 Å². The van der Waals surface area contributed by atoms with Gasteiger partial charge in [0.15, 0.2) is 0 Å². The number of para-hydroxylation sites is 2. The van der Waals surface area contributed by atoms with Crippen LogP contribution in [0.2, 0.25) is 0 Å². The number of ether oxygens (including phenoxy) is 1. The van der Waals surface area contributed by atoms with Crippen molar-refractivity contribution in [2.75, 3.05) is 36.9 Å². The zero-order valence-electron chi connectivity index (χ0n) is 21.6. The van der Waals surface area contributed by atoms with Gasteiger partial charge in [-0.25, -0.2) is 9.97 Å². The number of nitrogens with two attached hydrogens (primary N) is 1. The van der Waals surface area contributed by atoms with Crippen LogP contribution in [0.5, 0.6) is 5.75 Å². The standard InChI is InChI=1S/C29H32N6O3/c1-3-35(4-2)15-16-38-25-14-6-5-11-22(25)29(37)34-21-10-7-9-20(17-21)18-31-28-24-13-8-12-23(27(30)36)26(24)32-19-33-28/h5-14,17,19H,3-4,15-16,18H2,1-2H3,(H2,30,36)(H,34,37)(H,31,32,33). The van der Waals surface area contributed by atoms with Gasteiger partial charge in [-0.1, -0.05) is 44.2 Å². The molecule has 0 bridgehead atoms. The van der Waals surface area contributed by atoms with Crippen LogP contribution in [0.25, 0.3) is 10.9 Å². The summed E-state index contributed by atoms with van der Waals surface area (Å²) >= 11 is 0. The van der Waals surface area contributed by atoms with Gasteiger partial charge >= 0.3 is 0 Å². The number of fused-ring (bicyclic) bond motifs is 1. The van der Waals surface area contributed by atoms with Crippen molar-refractivity contribution >= 4 is 34.2 Å². The van der Waals surface area contributed by atoms with Crippen LogP contribution in [0.15, 0.2) is 73.1 Å². The fraction of sp³-hybridized carbons (Fsp3) is 0.241. The van der Waals surface area contributed by atoms with E-state index in [0.717, 1.165) is 25.2 Å². The molecule has 4 N–H and O–H groups in total. The van der Waals surface area contributed by atoms with E-state index in [2.05, 4.69) is 39.3 Å². The lowest BCUT2D eigenvalue weighted by atomic mass is 10.1. The lowest BCUT2D eigenvalue weighted by Crippen LogP contribution is -2.28. The number of carbonyl (C=O) groups is 2. The number of carbonyl (C=O) groups excluding carboxylic acids is 2. The molecular formula is C29H32N6O3. The van der Waals surface area contributed by atoms with E-state index in [1.165, 1.54) is 6.33 Å². The van der Waals surface area contributed by atoms with Crippen molar-refractivity contribution < 1.29 is 14.3 Å². The first-order chi connectivity index (χ1) is 18.5. The summed E-state index contributed by atoms with van der Waals surface area (Å²) in [6.07, 6.45) is 1.40. The Balaban J connectivity index is 1.43.